The Balaban J connectivity index is 2.82. The number of ether oxygens (including phenoxy) is 1. The van der Waals surface area contributed by atoms with Crippen LogP contribution in [0.15, 0.2) is 0 Å². The van der Waals surface area contributed by atoms with Gasteiger partial charge in [0.1, 0.15) is 5.69 Å². The Hall–Kier alpha value is -1.19. The van der Waals surface area contributed by atoms with E-state index in [4.69, 9.17) is 10.5 Å². The van der Waals surface area contributed by atoms with Gasteiger partial charge in [-0.25, -0.2) is 4.68 Å². The zero-order chi connectivity index (χ0) is 9.14. The lowest BCUT2D eigenvalue weighted by Gasteiger charge is -2.04. The molecule has 4 nitrogen and oxygen atoms in total. The highest BCUT2D eigenvalue weighted by Crippen LogP contribution is 2.23. The summed E-state index contributed by atoms with van der Waals surface area (Å²) in [4.78, 5) is 0. The van der Waals surface area contributed by atoms with Crippen LogP contribution in [0, 0.1) is 6.92 Å². The molecule has 2 N–H and O–H groups in total. The van der Waals surface area contributed by atoms with Crippen molar-refractivity contribution in [1.29, 1.82) is 0 Å². The van der Waals surface area contributed by atoms with Gasteiger partial charge >= 0.3 is 0 Å². The van der Waals surface area contributed by atoms with Crippen LogP contribution in [-0.4, -0.2) is 16.4 Å². The number of hydrogen-bond donors (Lipinski definition) is 1. The van der Waals surface area contributed by atoms with E-state index in [0.717, 1.165) is 12.1 Å². The van der Waals surface area contributed by atoms with Gasteiger partial charge < -0.3 is 10.5 Å². The smallest absolute Gasteiger partial charge is 0.235 e. The number of anilines is 1. The van der Waals surface area contributed by atoms with Gasteiger partial charge in [-0.2, -0.15) is 5.10 Å². The lowest BCUT2D eigenvalue weighted by atomic mass is 10.4. The van der Waals surface area contributed by atoms with Crippen molar-refractivity contribution in [2.24, 2.45) is 7.05 Å². The number of aromatic nitrogens is 2. The molecule has 1 aromatic heterocycles. The van der Waals surface area contributed by atoms with E-state index in [0.29, 0.717) is 18.2 Å². The van der Waals surface area contributed by atoms with Crippen LogP contribution in [0.2, 0.25) is 0 Å². The molecule has 0 fully saturated rings. The van der Waals surface area contributed by atoms with E-state index in [9.17, 15) is 0 Å². The lowest BCUT2D eigenvalue weighted by molar-refractivity contribution is 0.291. The van der Waals surface area contributed by atoms with Gasteiger partial charge in [-0.05, 0) is 13.3 Å². The molecule has 0 aromatic carbocycles. The largest absolute Gasteiger partial charge is 0.476 e. The molecular formula is C8H15N3O. The Kier molecular flexibility index (Phi) is 2.58. The molecule has 1 heterocycles. The second-order valence-electron chi connectivity index (χ2n) is 2.78. The van der Waals surface area contributed by atoms with Crippen molar-refractivity contribution >= 4 is 5.69 Å². The first kappa shape index (κ1) is 8.90. The summed E-state index contributed by atoms with van der Waals surface area (Å²) in [6, 6.07) is 0. The van der Waals surface area contributed by atoms with Crippen molar-refractivity contribution in [2.75, 3.05) is 12.3 Å². The zero-order valence-corrected chi connectivity index (χ0v) is 7.79. The zero-order valence-electron chi connectivity index (χ0n) is 7.79. The SMILES string of the molecule is CCCOc1c(N)c(C)nn1C. The van der Waals surface area contributed by atoms with Crippen molar-refractivity contribution in [2.45, 2.75) is 20.3 Å². The molecule has 68 valence electrons. The standard InChI is InChI=1S/C8H15N3O/c1-4-5-12-8-7(9)6(2)10-11(8)3/h4-5,9H2,1-3H3. The molecule has 0 amide bonds. The fourth-order valence-corrected chi connectivity index (χ4v) is 1.02. The van der Waals surface area contributed by atoms with E-state index in [1.807, 2.05) is 14.0 Å². The molecule has 4 heteroatoms. The molecule has 0 aliphatic carbocycles. The van der Waals surface area contributed by atoms with E-state index in [1.165, 1.54) is 0 Å². The minimum Gasteiger partial charge on any atom is -0.476 e. The Bertz CT molecular complexity index is 268. The van der Waals surface area contributed by atoms with Crippen LogP contribution in [-0.2, 0) is 7.05 Å². The third-order valence-electron chi connectivity index (χ3n) is 1.66. The molecule has 0 atom stereocenters. The molecule has 0 bridgehead atoms. The van der Waals surface area contributed by atoms with Crippen molar-refractivity contribution in [3.05, 3.63) is 5.69 Å². The molecule has 0 unspecified atom stereocenters. The quantitative estimate of drug-likeness (QED) is 0.737. The second kappa shape index (κ2) is 3.47. The van der Waals surface area contributed by atoms with Crippen LogP contribution in [0.5, 0.6) is 5.88 Å². The molecule has 0 saturated heterocycles. The van der Waals surface area contributed by atoms with Gasteiger partial charge in [0.05, 0.1) is 12.3 Å². The molecular weight excluding hydrogens is 154 g/mol. The average molecular weight is 169 g/mol. The minimum absolute atomic E-state index is 0.644. The average Bonchev–Trinajstić information content (AvgIpc) is 2.25. The predicted octanol–water partition coefficient (Wildman–Crippen LogP) is 1.10. The van der Waals surface area contributed by atoms with Gasteiger partial charge in [-0.15, -0.1) is 0 Å². The first-order chi connectivity index (χ1) is 5.66. The molecule has 0 radical (unpaired) electrons. The van der Waals surface area contributed by atoms with Gasteiger partial charge in [0.25, 0.3) is 0 Å². The summed E-state index contributed by atoms with van der Waals surface area (Å²) in [5.74, 6) is 0.675. The summed E-state index contributed by atoms with van der Waals surface area (Å²) >= 11 is 0. The molecule has 0 aliphatic rings. The van der Waals surface area contributed by atoms with Crippen LogP contribution in [0.3, 0.4) is 0 Å². The third-order valence-corrected chi connectivity index (χ3v) is 1.66. The summed E-state index contributed by atoms with van der Waals surface area (Å²) in [5.41, 5.74) is 7.20. The summed E-state index contributed by atoms with van der Waals surface area (Å²) < 4.78 is 7.08. The molecule has 1 rings (SSSR count). The summed E-state index contributed by atoms with van der Waals surface area (Å²) in [7, 11) is 1.83. The second-order valence-corrected chi connectivity index (χ2v) is 2.78. The van der Waals surface area contributed by atoms with Gasteiger partial charge in [0.15, 0.2) is 0 Å². The molecule has 12 heavy (non-hydrogen) atoms. The number of rotatable bonds is 3. The fraction of sp³-hybridized carbons (Fsp3) is 0.625. The highest BCUT2D eigenvalue weighted by molar-refractivity contribution is 5.52. The van der Waals surface area contributed by atoms with Gasteiger partial charge in [0.2, 0.25) is 5.88 Å². The minimum atomic E-state index is 0.644. The molecule has 0 aliphatic heterocycles. The van der Waals surface area contributed by atoms with Crippen LogP contribution in [0.25, 0.3) is 0 Å². The Labute approximate surface area is 72.3 Å². The van der Waals surface area contributed by atoms with E-state index in [2.05, 4.69) is 12.0 Å². The predicted molar refractivity (Wildman–Crippen MR) is 48.1 cm³/mol. The highest BCUT2D eigenvalue weighted by Gasteiger charge is 2.09. The lowest BCUT2D eigenvalue weighted by Crippen LogP contribution is -2.02. The Morgan fingerprint density at radius 3 is 2.67 bits per heavy atom. The van der Waals surface area contributed by atoms with Crippen molar-refractivity contribution in [3.8, 4) is 5.88 Å². The maximum Gasteiger partial charge on any atom is 0.235 e. The third kappa shape index (κ3) is 1.52. The van der Waals surface area contributed by atoms with Crippen LogP contribution in [0.1, 0.15) is 19.0 Å². The summed E-state index contributed by atoms with van der Waals surface area (Å²) in [6.07, 6.45) is 0.976. The first-order valence-corrected chi connectivity index (χ1v) is 4.08. The summed E-state index contributed by atoms with van der Waals surface area (Å²) in [6.45, 7) is 4.61. The van der Waals surface area contributed by atoms with E-state index in [-0.39, 0.29) is 0 Å². The van der Waals surface area contributed by atoms with Crippen molar-refractivity contribution in [1.82, 2.24) is 9.78 Å². The van der Waals surface area contributed by atoms with Gasteiger partial charge in [-0.3, -0.25) is 0 Å². The number of hydrogen-bond acceptors (Lipinski definition) is 3. The number of aryl methyl sites for hydroxylation is 2. The molecule has 0 spiro atoms. The summed E-state index contributed by atoms with van der Waals surface area (Å²) in [5, 5.41) is 4.13. The maximum atomic E-state index is 5.74. The number of nitrogens with zero attached hydrogens (tertiary/aromatic N) is 2. The van der Waals surface area contributed by atoms with Crippen LogP contribution >= 0.6 is 0 Å². The monoisotopic (exact) mass is 169 g/mol. The van der Waals surface area contributed by atoms with Crippen LogP contribution < -0.4 is 10.5 Å². The van der Waals surface area contributed by atoms with Gasteiger partial charge in [-0.1, -0.05) is 6.92 Å². The highest BCUT2D eigenvalue weighted by atomic mass is 16.5. The van der Waals surface area contributed by atoms with E-state index >= 15 is 0 Å². The molecule has 1 aromatic rings. The maximum absolute atomic E-state index is 5.74. The Morgan fingerprint density at radius 2 is 2.25 bits per heavy atom. The number of nitrogens with two attached hydrogens (primary N) is 1. The first-order valence-electron chi connectivity index (χ1n) is 4.08. The fourth-order valence-electron chi connectivity index (χ4n) is 1.02. The number of nitrogen functional groups attached to an aromatic ring is 1. The van der Waals surface area contributed by atoms with Gasteiger partial charge in [0, 0.05) is 7.05 Å². The topological polar surface area (TPSA) is 53.1 Å². The van der Waals surface area contributed by atoms with Crippen molar-refractivity contribution < 1.29 is 4.74 Å². The van der Waals surface area contributed by atoms with E-state index in [1.54, 1.807) is 4.68 Å². The Morgan fingerprint density at radius 1 is 1.58 bits per heavy atom. The normalized spacial score (nSPS) is 10.2. The molecule has 0 saturated carbocycles. The van der Waals surface area contributed by atoms with Crippen molar-refractivity contribution in [3.63, 3.8) is 0 Å². The van der Waals surface area contributed by atoms with Crippen LogP contribution in [0.4, 0.5) is 5.69 Å². The van der Waals surface area contributed by atoms with E-state index < -0.39 is 0 Å².